The monoisotopic (exact) mass is 418 g/mol. The molecule has 0 saturated heterocycles. The minimum atomic E-state index is -0.372. The van der Waals surface area contributed by atoms with Crippen LogP contribution in [-0.2, 0) is 0 Å². The molecule has 0 saturated carbocycles. The molecule has 0 aliphatic carbocycles. The number of nitrogens with one attached hydrogen (secondary N) is 1. The molecule has 0 atom stereocenters. The van der Waals surface area contributed by atoms with E-state index in [4.69, 9.17) is 25.8 Å². The van der Waals surface area contributed by atoms with Crippen molar-refractivity contribution >= 4 is 23.2 Å². The lowest BCUT2D eigenvalue weighted by molar-refractivity contribution is 0.0953. The Kier molecular flexibility index (Phi) is 8.80. The predicted octanol–water partition coefficient (Wildman–Crippen LogP) is 5.08. The maximum atomic E-state index is 12.7. The number of amides is 1. The van der Waals surface area contributed by atoms with Gasteiger partial charge in [-0.1, -0.05) is 30.7 Å². The van der Waals surface area contributed by atoms with Crippen molar-refractivity contribution in [1.82, 2.24) is 5.43 Å². The van der Waals surface area contributed by atoms with Crippen LogP contribution >= 0.6 is 11.6 Å². The molecule has 1 amide bonds. The van der Waals surface area contributed by atoms with Gasteiger partial charge in [0.05, 0.1) is 25.5 Å². The van der Waals surface area contributed by atoms with Crippen molar-refractivity contribution in [3.63, 3.8) is 0 Å². The van der Waals surface area contributed by atoms with E-state index in [1.54, 1.807) is 18.2 Å². The number of carbonyl (C=O) groups excluding carboxylic acids is 1. The molecule has 2 aromatic rings. The van der Waals surface area contributed by atoms with Crippen molar-refractivity contribution in [2.45, 2.75) is 34.1 Å². The molecule has 0 spiro atoms. The van der Waals surface area contributed by atoms with Gasteiger partial charge in [-0.2, -0.15) is 5.10 Å². The van der Waals surface area contributed by atoms with Crippen molar-refractivity contribution in [1.29, 1.82) is 0 Å². The van der Waals surface area contributed by atoms with Crippen LogP contribution in [0.2, 0.25) is 5.02 Å². The second-order valence-electron chi connectivity index (χ2n) is 5.96. The zero-order valence-electron chi connectivity index (χ0n) is 17.3. The van der Waals surface area contributed by atoms with Gasteiger partial charge in [0.1, 0.15) is 0 Å². The van der Waals surface area contributed by atoms with E-state index in [2.05, 4.69) is 10.5 Å². The highest BCUT2D eigenvalue weighted by atomic mass is 35.5. The maximum absolute atomic E-state index is 12.7. The lowest BCUT2D eigenvalue weighted by atomic mass is 10.1. The van der Waals surface area contributed by atoms with E-state index in [0.29, 0.717) is 54.1 Å². The molecule has 6 nitrogen and oxygen atoms in total. The van der Waals surface area contributed by atoms with Crippen LogP contribution in [0.1, 0.15) is 50.0 Å². The number of hydrazone groups is 1. The Balaban J connectivity index is 2.33. The second kappa shape index (κ2) is 11.3. The lowest BCUT2D eigenvalue weighted by Gasteiger charge is -2.16. The summed E-state index contributed by atoms with van der Waals surface area (Å²) in [7, 11) is 0. The van der Waals surface area contributed by atoms with Crippen LogP contribution in [0.15, 0.2) is 41.5 Å². The average Bonchev–Trinajstić information content (AvgIpc) is 2.71. The molecule has 0 unspecified atom stereocenters. The van der Waals surface area contributed by atoms with E-state index in [-0.39, 0.29) is 5.91 Å². The van der Waals surface area contributed by atoms with Crippen LogP contribution in [0.3, 0.4) is 0 Å². The van der Waals surface area contributed by atoms with Crippen LogP contribution in [0.5, 0.6) is 17.2 Å². The molecule has 29 heavy (non-hydrogen) atoms. The quantitative estimate of drug-likeness (QED) is 0.431. The van der Waals surface area contributed by atoms with E-state index >= 15 is 0 Å². The summed E-state index contributed by atoms with van der Waals surface area (Å²) < 4.78 is 17.0. The van der Waals surface area contributed by atoms with Gasteiger partial charge in [0.15, 0.2) is 11.5 Å². The maximum Gasteiger partial charge on any atom is 0.271 e. The van der Waals surface area contributed by atoms with Crippen molar-refractivity contribution in [2.24, 2.45) is 5.10 Å². The van der Waals surface area contributed by atoms with Crippen LogP contribution in [0.25, 0.3) is 0 Å². The van der Waals surface area contributed by atoms with Crippen LogP contribution < -0.4 is 19.6 Å². The molecule has 0 aliphatic heterocycles. The molecular formula is C22H27ClN2O4. The van der Waals surface area contributed by atoms with Crippen molar-refractivity contribution < 1.29 is 19.0 Å². The summed E-state index contributed by atoms with van der Waals surface area (Å²) in [6, 6.07) is 10.6. The average molecular weight is 419 g/mol. The first kappa shape index (κ1) is 22.6. The van der Waals surface area contributed by atoms with E-state index in [9.17, 15) is 4.79 Å². The first-order valence-corrected chi connectivity index (χ1v) is 10.1. The minimum absolute atomic E-state index is 0.366. The Hall–Kier alpha value is -2.73. The Morgan fingerprint density at radius 2 is 1.55 bits per heavy atom. The molecule has 156 valence electrons. The molecule has 7 heteroatoms. The van der Waals surface area contributed by atoms with Crippen LogP contribution in [0, 0.1) is 0 Å². The molecule has 0 fully saturated rings. The van der Waals surface area contributed by atoms with Gasteiger partial charge in [-0.05, 0) is 57.0 Å². The Bertz CT molecular complexity index is 841. The highest BCUT2D eigenvalue weighted by Gasteiger charge is 2.18. The Morgan fingerprint density at radius 3 is 2.07 bits per heavy atom. The van der Waals surface area contributed by atoms with Gasteiger partial charge in [0.25, 0.3) is 5.91 Å². The fraction of sp³-hybridized carbons (Fsp3) is 0.364. The fourth-order valence-corrected chi connectivity index (χ4v) is 2.91. The first-order chi connectivity index (χ1) is 14.0. The largest absolute Gasteiger partial charge is 0.490 e. The number of hydrogen-bond acceptors (Lipinski definition) is 5. The number of nitrogens with zero attached hydrogens (tertiary/aromatic N) is 1. The lowest BCUT2D eigenvalue weighted by Crippen LogP contribution is -2.20. The molecule has 0 bridgehead atoms. The van der Waals surface area contributed by atoms with Crippen molar-refractivity contribution in [3.8, 4) is 17.2 Å². The molecule has 0 heterocycles. The minimum Gasteiger partial charge on any atom is -0.490 e. The summed E-state index contributed by atoms with van der Waals surface area (Å²) in [6.07, 6.45) is 0.637. The molecule has 0 aliphatic rings. The third kappa shape index (κ3) is 6.12. The first-order valence-electron chi connectivity index (χ1n) is 9.73. The normalized spacial score (nSPS) is 11.1. The topological polar surface area (TPSA) is 69.2 Å². The summed E-state index contributed by atoms with van der Waals surface area (Å²) in [5.74, 6) is 1.03. The van der Waals surface area contributed by atoms with E-state index in [1.807, 2.05) is 45.9 Å². The number of rotatable bonds is 10. The van der Waals surface area contributed by atoms with Crippen molar-refractivity contribution in [2.75, 3.05) is 19.8 Å². The second-order valence-corrected chi connectivity index (χ2v) is 6.40. The van der Waals surface area contributed by atoms with Gasteiger partial charge in [-0.25, -0.2) is 5.43 Å². The van der Waals surface area contributed by atoms with Gasteiger partial charge in [-0.15, -0.1) is 0 Å². The third-order valence-electron chi connectivity index (χ3n) is 3.96. The zero-order chi connectivity index (χ0) is 21.2. The van der Waals surface area contributed by atoms with Gasteiger partial charge >= 0.3 is 0 Å². The number of benzene rings is 2. The van der Waals surface area contributed by atoms with E-state index in [0.717, 1.165) is 11.3 Å². The Morgan fingerprint density at radius 1 is 0.931 bits per heavy atom. The SMILES string of the molecule is CCOc1cc(C(=O)N/N=C(\CC)c2cccc(Cl)c2)cc(OCC)c1OCC. The Labute approximate surface area is 176 Å². The molecule has 2 aromatic carbocycles. The highest BCUT2D eigenvalue weighted by molar-refractivity contribution is 6.31. The molecule has 0 radical (unpaired) electrons. The molecule has 2 rings (SSSR count). The summed E-state index contributed by atoms with van der Waals surface area (Å²) in [4.78, 5) is 12.7. The smallest absolute Gasteiger partial charge is 0.271 e. The fourth-order valence-electron chi connectivity index (χ4n) is 2.72. The van der Waals surface area contributed by atoms with Crippen LogP contribution in [-0.4, -0.2) is 31.4 Å². The number of halogens is 1. The molecule has 0 aromatic heterocycles. The molecule has 1 N–H and O–H groups in total. The number of hydrogen-bond donors (Lipinski definition) is 1. The standard InChI is InChI=1S/C22H27ClN2O4/c1-5-18(15-10-9-11-17(23)12-15)24-25-22(26)16-13-19(27-6-2)21(29-8-4)20(14-16)28-7-3/h9-14H,5-8H2,1-4H3,(H,25,26)/b24-18+. The van der Waals surface area contributed by atoms with Gasteiger partial charge < -0.3 is 14.2 Å². The highest BCUT2D eigenvalue weighted by Crippen LogP contribution is 2.39. The van der Waals surface area contributed by atoms with Crippen molar-refractivity contribution in [3.05, 3.63) is 52.5 Å². The third-order valence-corrected chi connectivity index (χ3v) is 4.19. The number of ether oxygens (including phenoxy) is 3. The van der Waals surface area contributed by atoms with Gasteiger partial charge in [0, 0.05) is 10.6 Å². The molecular weight excluding hydrogens is 392 g/mol. The number of carbonyl (C=O) groups is 1. The van der Waals surface area contributed by atoms with E-state index < -0.39 is 0 Å². The predicted molar refractivity (Wildman–Crippen MR) is 116 cm³/mol. The summed E-state index contributed by atoms with van der Waals surface area (Å²) >= 11 is 6.06. The van der Waals surface area contributed by atoms with E-state index in [1.165, 1.54) is 0 Å². The van der Waals surface area contributed by atoms with Gasteiger partial charge in [-0.3, -0.25) is 4.79 Å². The summed E-state index contributed by atoms with van der Waals surface area (Å²) in [5.41, 5.74) is 4.56. The summed E-state index contributed by atoms with van der Waals surface area (Å²) in [6.45, 7) is 8.89. The van der Waals surface area contributed by atoms with Gasteiger partial charge in [0.2, 0.25) is 5.75 Å². The van der Waals surface area contributed by atoms with Crippen LogP contribution in [0.4, 0.5) is 0 Å². The summed E-state index contributed by atoms with van der Waals surface area (Å²) in [5, 5.41) is 4.90. The zero-order valence-corrected chi connectivity index (χ0v) is 18.0.